The van der Waals surface area contributed by atoms with Crippen LogP contribution in [-0.2, 0) is 4.74 Å². The van der Waals surface area contributed by atoms with Gasteiger partial charge in [0, 0.05) is 13.7 Å². The maximum absolute atomic E-state index is 5.14. The Morgan fingerprint density at radius 3 is 2.53 bits per heavy atom. The van der Waals surface area contributed by atoms with Gasteiger partial charge in [-0.2, -0.15) is 0 Å². The van der Waals surface area contributed by atoms with Gasteiger partial charge in [-0.15, -0.1) is 0 Å². The molecule has 0 aromatic rings. The Kier molecular flexibility index (Phi) is 8.72. The Morgan fingerprint density at radius 1 is 1.06 bits per heavy atom. The minimum Gasteiger partial charge on any atom is -0.385 e. The fraction of sp³-hybridized carbons (Fsp3) is 1.00. The molecule has 2 heteroatoms. The molecular formula is C15H31NO. The van der Waals surface area contributed by atoms with Crippen molar-refractivity contribution in [3.8, 4) is 0 Å². The van der Waals surface area contributed by atoms with Crippen molar-refractivity contribution in [2.24, 2.45) is 11.8 Å². The molecule has 0 spiro atoms. The van der Waals surface area contributed by atoms with Crippen LogP contribution >= 0.6 is 0 Å². The predicted molar refractivity (Wildman–Crippen MR) is 74.3 cm³/mol. The van der Waals surface area contributed by atoms with Gasteiger partial charge in [0.05, 0.1) is 0 Å². The topological polar surface area (TPSA) is 21.3 Å². The Balaban J connectivity index is 2.27. The molecule has 1 rings (SSSR count). The van der Waals surface area contributed by atoms with Crippen LogP contribution in [0.2, 0.25) is 0 Å². The molecule has 0 aromatic heterocycles. The van der Waals surface area contributed by atoms with Gasteiger partial charge in [0.2, 0.25) is 0 Å². The maximum Gasteiger partial charge on any atom is 0.0462 e. The van der Waals surface area contributed by atoms with E-state index in [0.717, 1.165) is 25.0 Å². The van der Waals surface area contributed by atoms with E-state index < -0.39 is 0 Å². The van der Waals surface area contributed by atoms with Gasteiger partial charge in [-0.1, -0.05) is 45.4 Å². The van der Waals surface area contributed by atoms with Gasteiger partial charge >= 0.3 is 0 Å². The van der Waals surface area contributed by atoms with E-state index in [-0.39, 0.29) is 0 Å². The van der Waals surface area contributed by atoms with Crippen LogP contribution in [0.25, 0.3) is 0 Å². The number of hydrogen-bond donors (Lipinski definition) is 1. The first-order valence-electron chi connectivity index (χ1n) is 7.58. The number of nitrogens with one attached hydrogen (secondary N) is 1. The molecule has 1 aliphatic carbocycles. The second-order valence-corrected chi connectivity index (χ2v) is 5.45. The Morgan fingerprint density at radius 2 is 1.82 bits per heavy atom. The van der Waals surface area contributed by atoms with Crippen LogP contribution in [0.4, 0.5) is 0 Å². The maximum atomic E-state index is 5.14. The van der Waals surface area contributed by atoms with Crippen LogP contribution in [0.1, 0.15) is 58.3 Å². The zero-order valence-corrected chi connectivity index (χ0v) is 11.8. The molecule has 1 saturated carbocycles. The van der Waals surface area contributed by atoms with E-state index in [1.54, 1.807) is 7.11 Å². The highest BCUT2D eigenvalue weighted by molar-refractivity contribution is 4.75. The molecule has 0 heterocycles. The molecular weight excluding hydrogens is 210 g/mol. The number of unbranched alkanes of at least 4 members (excludes halogenated alkanes) is 1. The molecule has 2 atom stereocenters. The molecule has 0 aromatic carbocycles. The quantitative estimate of drug-likeness (QED) is 0.518. The SMILES string of the molecule is CCNCC1CCCCCC1CCCCOC. The Bertz CT molecular complexity index is 172. The van der Waals surface area contributed by atoms with Crippen molar-refractivity contribution in [3.63, 3.8) is 0 Å². The summed E-state index contributed by atoms with van der Waals surface area (Å²) in [5.74, 6) is 1.90. The third-order valence-corrected chi connectivity index (χ3v) is 4.15. The van der Waals surface area contributed by atoms with Crippen molar-refractivity contribution in [1.29, 1.82) is 0 Å². The summed E-state index contributed by atoms with van der Waals surface area (Å²) in [4.78, 5) is 0. The first kappa shape index (κ1) is 15.0. The van der Waals surface area contributed by atoms with Crippen molar-refractivity contribution in [2.75, 3.05) is 26.8 Å². The van der Waals surface area contributed by atoms with E-state index in [1.807, 2.05) is 0 Å². The van der Waals surface area contributed by atoms with E-state index in [0.29, 0.717) is 0 Å². The van der Waals surface area contributed by atoms with Crippen LogP contribution in [0.5, 0.6) is 0 Å². The van der Waals surface area contributed by atoms with Crippen LogP contribution in [0, 0.1) is 11.8 Å². The predicted octanol–water partition coefficient (Wildman–Crippen LogP) is 3.61. The third-order valence-electron chi connectivity index (χ3n) is 4.15. The highest BCUT2D eigenvalue weighted by Gasteiger charge is 2.22. The highest BCUT2D eigenvalue weighted by Crippen LogP contribution is 2.31. The molecule has 0 aliphatic heterocycles. The average Bonchev–Trinajstić information content (AvgIpc) is 2.57. The van der Waals surface area contributed by atoms with Gasteiger partial charge in [0.25, 0.3) is 0 Å². The standard InChI is InChI=1S/C15H31NO/c1-3-16-13-15-11-6-4-5-9-14(15)10-7-8-12-17-2/h14-16H,3-13H2,1-2H3. The molecule has 0 saturated heterocycles. The van der Waals surface area contributed by atoms with Gasteiger partial charge < -0.3 is 10.1 Å². The second-order valence-electron chi connectivity index (χ2n) is 5.45. The second kappa shape index (κ2) is 9.90. The van der Waals surface area contributed by atoms with Gasteiger partial charge in [-0.3, -0.25) is 0 Å². The molecule has 0 amide bonds. The number of hydrogen-bond acceptors (Lipinski definition) is 2. The molecule has 1 aliphatic rings. The largest absolute Gasteiger partial charge is 0.385 e. The first-order chi connectivity index (χ1) is 8.38. The van der Waals surface area contributed by atoms with Crippen molar-refractivity contribution < 1.29 is 4.74 Å². The summed E-state index contributed by atoms with van der Waals surface area (Å²) in [5.41, 5.74) is 0. The molecule has 1 fully saturated rings. The molecule has 0 radical (unpaired) electrons. The van der Waals surface area contributed by atoms with Crippen LogP contribution in [-0.4, -0.2) is 26.8 Å². The summed E-state index contributed by atoms with van der Waals surface area (Å²) >= 11 is 0. The minimum atomic E-state index is 0.931. The van der Waals surface area contributed by atoms with Crippen molar-refractivity contribution >= 4 is 0 Å². The molecule has 2 unspecified atom stereocenters. The number of ether oxygens (including phenoxy) is 1. The lowest BCUT2D eigenvalue weighted by Crippen LogP contribution is -2.27. The highest BCUT2D eigenvalue weighted by atomic mass is 16.5. The fourth-order valence-corrected chi connectivity index (χ4v) is 3.09. The van der Waals surface area contributed by atoms with Crippen molar-refractivity contribution in [3.05, 3.63) is 0 Å². The summed E-state index contributed by atoms with van der Waals surface area (Å²) in [7, 11) is 1.81. The fourth-order valence-electron chi connectivity index (χ4n) is 3.09. The normalized spacial score (nSPS) is 25.8. The van der Waals surface area contributed by atoms with Gasteiger partial charge in [-0.25, -0.2) is 0 Å². The average molecular weight is 241 g/mol. The Labute approximate surface area is 108 Å². The summed E-state index contributed by atoms with van der Waals surface area (Å²) in [5, 5.41) is 3.55. The molecule has 102 valence electrons. The molecule has 0 bridgehead atoms. The smallest absolute Gasteiger partial charge is 0.0462 e. The van der Waals surface area contributed by atoms with Crippen LogP contribution in [0.15, 0.2) is 0 Å². The summed E-state index contributed by atoms with van der Waals surface area (Å²) in [6, 6.07) is 0. The van der Waals surface area contributed by atoms with Gasteiger partial charge in [-0.05, 0) is 37.8 Å². The van der Waals surface area contributed by atoms with E-state index in [1.165, 1.54) is 57.9 Å². The first-order valence-corrected chi connectivity index (χ1v) is 7.58. The van der Waals surface area contributed by atoms with Crippen molar-refractivity contribution in [1.82, 2.24) is 5.32 Å². The van der Waals surface area contributed by atoms with E-state index >= 15 is 0 Å². The van der Waals surface area contributed by atoms with E-state index in [4.69, 9.17) is 4.74 Å². The van der Waals surface area contributed by atoms with Crippen LogP contribution in [0.3, 0.4) is 0 Å². The molecule has 1 N–H and O–H groups in total. The monoisotopic (exact) mass is 241 g/mol. The van der Waals surface area contributed by atoms with Crippen LogP contribution < -0.4 is 5.32 Å². The lowest BCUT2D eigenvalue weighted by Gasteiger charge is -2.25. The molecule has 17 heavy (non-hydrogen) atoms. The number of rotatable bonds is 8. The molecule has 2 nitrogen and oxygen atoms in total. The lowest BCUT2D eigenvalue weighted by molar-refractivity contribution is 0.185. The van der Waals surface area contributed by atoms with Crippen molar-refractivity contribution in [2.45, 2.75) is 58.3 Å². The summed E-state index contributed by atoms with van der Waals surface area (Å²) < 4.78 is 5.14. The summed E-state index contributed by atoms with van der Waals surface area (Å²) in [6.07, 6.45) is 11.3. The van der Waals surface area contributed by atoms with Gasteiger partial charge in [0.1, 0.15) is 0 Å². The zero-order valence-electron chi connectivity index (χ0n) is 11.8. The summed E-state index contributed by atoms with van der Waals surface area (Å²) in [6.45, 7) is 5.51. The third kappa shape index (κ3) is 6.42. The zero-order chi connectivity index (χ0) is 12.3. The van der Waals surface area contributed by atoms with E-state index in [2.05, 4.69) is 12.2 Å². The Hall–Kier alpha value is -0.0800. The van der Waals surface area contributed by atoms with E-state index in [9.17, 15) is 0 Å². The minimum absolute atomic E-state index is 0.931. The van der Waals surface area contributed by atoms with Gasteiger partial charge in [0.15, 0.2) is 0 Å². The lowest BCUT2D eigenvalue weighted by atomic mass is 9.84. The number of methoxy groups -OCH3 is 1.